The number of hydrogen-bond acceptors (Lipinski definition) is 6. The number of anilines is 1. The second kappa shape index (κ2) is 9.14. The lowest BCUT2D eigenvalue weighted by molar-refractivity contribution is -0.137. The Morgan fingerprint density at radius 2 is 1.97 bits per heavy atom. The first-order valence-corrected chi connectivity index (χ1v) is 11.0. The molecule has 1 aromatic heterocycles. The van der Waals surface area contributed by atoms with Gasteiger partial charge in [-0.05, 0) is 37.3 Å². The molecule has 0 saturated carbocycles. The molecule has 2 atom stereocenters. The number of amides is 1. The van der Waals surface area contributed by atoms with E-state index in [4.69, 9.17) is 21.1 Å². The van der Waals surface area contributed by atoms with Crippen molar-refractivity contribution < 1.29 is 27.4 Å². The van der Waals surface area contributed by atoms with Gasteiger partial charge in [-0.1, -0.05) is 35.5 Å². The van der Waals surface area contributed by atoms with Crippen molar-refractivity contribution in [1.29, 1.82) is 0 Å². The average molecular weight is 499 g/mol. The SMILES string of the molecule is CC(Sc1nnc(C2COc3ccccc3O2)n1C)C(=O)Nc1ccc(Cl)c(C(F)(F)F)c1. The van der Waals surface area contributed by atoms with E-state index < -0.39 is 34.0 Å². The van der Waals surface area contributed by atoms with Crippen LogP contribution < -0.4 is 14.8 Å². The summed E-state index contributed by atoms with van der Waals surface area (Å²) in [6.45, 7) is 1.87. The first-order valence-electron chi connectivity index (χ1n) is 9.75. The van der Waals surface area contributed by atoms with Crippen molar-refractivity contribution in [2.24, 2.45) is 7.05 Å². The molecule has 1 aliphatic rings. The molecule has 0 bridgehead atoms. The van der Waals surface area contributed by atoms with Gasteiger partial charge in [0.2, 0.25) is 5.91 Å². The molecule has 2 heterocycles. The van der Waals surface area contributed by atoms with Crippen LogP contribution in [0.25, 0.3) is 0 Å². The minimum Gasteiger partial charge on any atom is -0.485 e. The van der Waals surface area contributed by atoms with Crippen molar-refractivity contribution in [3.05, 3.63) is 58.9 Å². The van der Waals surface area contributed by atoms with Gasteiger partial charge >= 0.3 is 6.18 Å². The number of aromatic nitrogens is 3. The molecule has 4 rings (SSSR count). The second-order valence-corrected chi connectivity index (χ2v) is 8.92. The van der Waals surface area contributed by atoms with E-state index in [1.54, 1.807) is 24.6 Å². The first kappa shape index (κ1) is 23.2. The quantitative estimate of drug-likeness (QED) is 0.492. The van der Waals surface area contributed by atoms with Gasteiger partial charge in [-0.15, -0.1) is 10.2 Å². The van der Waals surface area contributed by atoms with Crippen LogP contribution in [-0.2, 0) is 18.0 Å². The summed E-state index contributed by atoms with van der Waals surface area (Å²) in [6.07, 6.45) is -5.11. The Balaban J connectivity index is 1.43. The Hall–Kier alpha value is -2.92. The molecule has 1 N–H and O–H groups in total. The Kier molecular flexibility index (Phi) is 6.44. The summed E-state index contributed by atoms with van der Waals surface area (Å²) in [5.74, 6) is 1.27. The highest BCUT2D eigenvalue weighted by atomic mass is 35.5. The summed E-state index contributed by atoms with van der Waals surface area (Å²) in [5.41, 5.74) is -1.02. The number of rotatable bonds is 5. The van der Waals surface area contributed by atoms with Gasteiger partial charge in [0.15, 0.2) is 28.6 Å². The number of nitrogens with zero attached hydrogens (tertiary/aromatic N) is 3. The molecule has 0 saturated heterocycles. The first-order chi connectivity index (χ1) is 15.6. The Bertz CT molecular complexity index is 1190. The minimum atomic E-state index is -4.63. The number of ether oxygens (including phenoxy) is 2. The highest BCUT2D eigenvalue weighted by Crippen LogP contribution is 2.37. The predicted octanol–water partition coefficient (Wildman–Crippen LogP) is 5.12. The van der Waals surface area contributed by atoms with Gasteiger partial charge in [-0.2, -0.15) is 13.2 Å². The van der Waals surface area contributed by atoms with E-state index in [-0.39, 0.29) is 12.3 Å². The van der Waals surface area contributed by atoms with Crippen LogP contribution in [0.15, 0.2) is 47.6 Å². The van der Waals surface area contributed by atoms with Crippen LogP contribution in [-0.4, -0.2) is 32.5 Å². The third kappa shape index (κ3) is 5.03. The maximum absolute atomic E-state index is 13.1. The molecule has 1 amide bonds. The molecular weight excluding hydrogens is 481 g/mol. The van der Waals surface area contributed by atoms with Crippen LogP contribution in [0, 0.1) is 0 Å². The molecule has 174 valence electrons. The van der Waals surface area contributed by atoms with E-state index in [0.717, 1.165) is 23.9 Å². The summed E-state index contributed by atoms with van der Waals surface area (Å²) in [7, 11) is 1.74. The molecule has 0 aliphatic carbocycles. The summed E-state index contributed by atoms with van der Waals surface area (Å²) < 4.78 is 52.5. The molecule has 2 aromatic carbocycles. The Morgan fingerprint density at radius 3 is 2.70 bits per heavy atom. The molecule has 12 heteroatoms. The molecular formula is C21H18ClF3N4O3S. The van der Waals surface area contributed by atoms with Crippen molar-refractivity contribution in [2.75, 3.05) is 11.9 Å². The van der Waals surface area contributed by atoms with Crippen LogP contribution in [0.5, 0.6) is 11.5 Å². The van der Waals surface area contributed by atoms with E-state index in [0.29, 0.717) is 22.5 Å². The number of thioether (sulfide) groups is 1. The largest absolute Gasteiger partial charge is 0.485 e. The number of fused-ring (bicyclic) bond motifs is 1. The van der Waals surface area contributed by atoms with E-state index >= 15 is 0 Å². The average Bonchev–Trinajstić information content (AvgIpc) is 3.13. The van der Waals surface area contributed by atoms with Crippen LogP contribution in [0.1, 0.15) is 24.4 Å². The van der Waals surface area contributed by atoms with Crippen molar-refractivity contribution >= 4 is 35.0 Å². The molecule has 0 spiro atoms. The van der Waals surface area contributed by atoms with Gasteiger partial charge in [-0.25, -0.2) is 0 Å². The predicted molar refractivity (Wildman–Crippen MR) is 117 cm³/mol. The van der Waals surface area contributed by atoms with Crippen LogP contribution in [0.3, 0.4) is 0 Å². The summed E-state index contributed by atoms with van der Waals surface area (Å²) >= 11 is 6.74. The third-order valence-electron chi connectivity index (χ3n) is 4.86. The van der Waals surface area contributed by atoms with Crippen molar-refractivity contribution in [3.63, 3.8) is 0 Å². The van der Waals surface area contributed by atoms with Crippen LogP contribution in [0.2, 0.25) is 5.02 Å². The summed E-state index contributed by atoms with van der Waals surface area (Å²) in [4.78, 5) is 12.6. The van der Waals surface area contributed by atoms with Crippen molar-refractivity contribution in [3.8, 4) is 11.5 Å². The number of hydrogen-bond donors (Lipinski definition) is 1. The lowest BCUT2D eigenvalue weighted by Gasteiger charge is -2.25. The van der Waals surface area contributed by atoms with Gasteiger partial charge < -0.3 is 19.4 Å². The maximum Gasteiger partial charge on any atom is 0.417 e. The fourth-order valence-corrected chi connectivity index (χ4v) is 4.18. The third-order valence-corrected chi connectivity index (χ3v) is 6.32. The topological polar surface area (TPSA) is 78.3 Å². The fraction of sp³-hybridized carbons (Fsp3) is 0.286. The maximum atomic E-state index is 13.1. The van der Waals surface area contributed by atoms with Crippen molar-refractivity contribution in [2.45, 2.75) is 29.6 Å². The van der Waals surface area contributed by atoms with Gasteiger partial charge in [0.05, 0.1) is 15.8 Å². The number of alkyl halides is 3. The molecule has 1 aliphatic heterocycles. The summed E-state index contributed by atoms with van der Waals surface area (Å²) in [6, 6.07) is 10.5. The standard InChI is InChI=1S/C21H18ClF3N4O3S/c1-11(19(30)26-12-7-8-14(22)13(9-12)21(23,24)25)33-20-28-27-18(29(20)2)17-10-31-15-5-3-4-6-16(15)32-17/h3-9,11,17H,10H2,1-2H3,(H,26,30). The van der Waals surface area contributed by atoms with Gasteiger partial charge in [0, 0.05) is 12.7 Å². The molecule has 0 radical (unpaired) electrons. The molecule has 2 unspecified atom stereocenters. The van der Waals surface area contributed by atoms with Gasteiger partial charge in [0.25, 0.3) is 0 Å². The zero-order valence-corrected chi connectivity index (χ0v) is 19.0. The van der Waals surface area contributed by atoms with Gasteiger partial charge in [0.1, 0.15) is 6.61 Å². The fourth-order valence-electron chi connectivity index (χ4n) is 3.13. The monoisotopic (exact) mass is 498 g/mol. The lowest BCUT2D eigenvalue weighted by atomic mass is 10.2. The number of nitrogens with one attached hydrogen (secondary N) is 1. The van der Waals surface area contributed by atoms with Crippen LogP contribution in [0.4, 0.5) is 18.9 Å². The van der Waals surface area contributed by atoms with E-state index in [1.807, 2.05) is 18.2 Å². The normalized spacial score (nSPS) is 16.4. The number of para-hydroxylation sites is 2. The molecule has 33 heavy (non-hydrogen) atoms. The zero-order chi connectivity index (χ0) is 23.8. The van der Waals surface area contributed by atoms with Crippen LogP contribution >= 0.6 is 23.4 Å². The van der Waals surface area contributed by atoms with E-state index in [2.05, 4.69) is 15.5 Å². The lowest BCUT2D eigenvalue weighted by Crippen LogP contribution is -2.25. The smallest absolute Gasteiger partial charge is 0.417 e. The Labute approximate surface area is 196 Å². The minimum absolute atomic E-state index is 0.00532. The van der Waals surface area contributed by atoms with Gasteiger partial charge in [-0.3, -0.25) is 4.79 Å². The van der Waals surface area contributed by atoms with E-state index in [9.17, 15) is 18.0 Å². The Morgan fingerprint density at radius 1 is 1.24 bits per heavy atom. The van der Waals surface area contributed by atoms with Crippen molar-refractivity contribution in [1.82, 2.24) is 14.8 Å². The highest BCUT2D eigenvalue weighted by Gasteiger charge is 2.34. The number of benzene rings is 2. The second-order valence-electron chi connectivity index (χ2n) is 7.21. The number of carbonyl (C=O) groups excluding carboxylic acids is 1. The summed E-state index contributed by atoms with van der Waals surface area (Å²) in [5, 5.41) is 10.1. The zero-order valence-electron chi connectivity index (χ0n) is 17.4. The molecule has 3 aromatic rings. The molecule has 7 nitrogen and oxygen atoms in total. The van der Waals surface area contributed by atoms with E-state index in [1.165, 1.54) is 6.07 Å². The number of halogens is 4. The highest BCUT2D eigenvalue weighted by molar-refractivity contribution is 8.00. The molecule has 0 fully saturated rings. The number of carbonyl (C=O) groups is 1.